The van der Waals surface area contributed by atoms with Crippen molar-refractivity contribution >= 4 is 17.2 Å². The molecule has 1 aliphatic rings. The lowest BCUT2D eigenvalue weighted by Crippen LogP contribution is -2.48. The minimum absolute atomic E-state index is 0.0239. The maximum Gasteiger partial charge on any atom is 0.120 e. The van der Waals surface area contributed by atoms with E-state index in [4.69, 9.17) is 27.4 Å². The van der Waals surface area contributed by atoms with Gasteiger partial charge in [-0.05, 0) is 38.4 Å². The van der Waals surface area contributed by atoms with E-state index in [1.165, 1.54) is 6.42 Å². The average Bonchev–Trinajstić information content (AvgIpc) is 2.48. The molecule has 0 radical (unpaired) electrons. The van der Waals surface area contributed by atoms with Crippen molar-refractivity contribution in [3.05, 3.63) is 29.8 Å². The van der Waals surface area contributed by atoms with Gasteiger partial charge in [-0.25, -0.2) is 0 Å². The van der Waals surface area contributed by atoms with Crippen molar-refractivity contribution in [1.29, 1.82) is 0 Å². The summed E-state index contributed by atoms with van der Waals surface area (Å²) in [6.45, 7) is 5.79. The predicted molar refractivity (Wildman–Crippen MR) is 88.9 cm³/mol. The molecule has 1 heterocycles. The Morgan fingerprint density at radius 2 is 2.29 bits per heavy atom. The highest BCUT2D eigenvalue weighted by molar-refractivity contribution is 7.80. The number of benzene rings is 1. The fraction of sp³-hybridized carbons (Fsp3) is 0.562. The number of nitrogens with zero attached hydrogens (tertiary/aromatic N) is 1. The molecule has 5 heteroatoms. The molecule has 2 rings (SSSR count). The van der Waals surface area contributed by atoms with Crippen molar-refractivity contribution in [2.75, 3.05) is 33.4 Å². The number of rotatable bonds is 6. The van der Waals surface area contributed by atoms with Crippen LogP contribution in [0.3, 0.4) is 0 Å². The molecular weight excluding hydrogens is 284 g/mol. The van der Waals surface area contributed by atoms with Crippen LogP contribution in [0.15, 0.2) is 24.3 Å². The number of methoxy groups -OCH3 is 1. The molecule has 0 saturated carbocycles. The van der Waals surface area contributed by atoms with E-state index < -0.39 is 0 Å². The van der Waals surface area contributed by atoms with Crippen molar-refractivity contribution in [2.45, 2.75) is 25.4 Å². The van der Waals surface area contributed by atoms with Crippen LogP contribution in [0.4, 0.5) is 0 Å². The highest BCUT2D eigenvalue weighted by Gasteiger charge is 2.30. The second-order valence-electron chi connectivity index (χ2n) is 5.77. The Kier molecular flexibility index (Phi) is 5.56. The molecule has 0 aliphatic carbocycles. The van der Waals surface area contributed by atoms with Crippen LogP contribution in [0.25, 0.3) is 0 Å². The number of piperidine rings is 1. The zero-order valence-electron chi connectivity index (χ0n) is 12.8. The minimum Gasteiger partial charge on any atom is -0.492 e. The van der Waals surface area contributed by atoms with Gasteiger partial charge in [-0.15, -0.1) is 0 Å². The molecule has 0 bridgehead atoms. The molecule has 1 fully saturated rings. The van der Waals surface area contributed by atoms with E-state index in [0.717, 1.165) is 37.4 Å². The summed E-state index contributed by atoms with van der Waals surface area (Å²) in [5.41, 5.74) is 6.44. The van der Waals surface area contributed by atoms with Gasteiger partial charge in [-0.2, -0.15) is 0 Å². The Bertz CT molecular complexity index is 495. The van der Waals surface area contributed by atoms with Crippen LogP contribution in [0, 0.1) is 0 Å². The Labute approximate surface area is 132 Å². The lowest BCUT2D eigenvalue weighted by Gasteiger charge is -2.39. The summed E-state index contributed by atoms with van der Waals surface area (Å²) < 4.78 is 11.4. The highest BCUT2D eigenvalue weighted by Crippen LogP contribution is 2.23. The monoisotopic (exact) mass is 308 g/mol. The summed E-state index contributed by atoms with van der Waals surface area (Å²) in [6, 6.07) is 7.62. The molecule has 21 heavy (non-hydrogen) atoms. The Morgan fingerprint density at radius 1 is 1.48 bits per heavy atom. The Morgan fingerprint density at radius 3 is 3.00 bits per heavy atom. The molecule has 1 aromatic carbocycles. The van der Waals surface area contributed by atoms with Gasteiger partial charge in [0.25, 0.3) is 0 Å². The van der Waals surface area contributed by atoms with Crippen LogP contribution in [0.5, 0.6) is 5.75 Å². The molecule has 1 aliphatic heterocycles. The third-order valence-electron chi connectivity index (χ3n) is 4.03. The second kappa shape index (κ2) is 7.20. The largest absolute Gasteiger partial charge is 0.492 e. The van der Waals surface area contributed by atoms with Crippen molar-refractivity contribution in [1.82, 2.24) is 4.90 Å². The normalized spacial score (nSPS) is 23.0. The predicted octanol–water partition coefficient (Wildman–Crippen LogP) is 2.20. The standard InChI is InChI=1S/C16H24N2O2S/c1-16(19-2)7-4-8-18(12-16)9-10-20-14-6-3-5-13(11-14)15(17)21/h3,5-6,11H,4,7-10,12H2,1-2H3,(H2,17,21). The first-order valence-electron chi connectivity index (χ1n) is 7.33. The summed E-state index contributed by atoms with van der Waals surface area (Å²) in [5.74, 6) is 0.812. The quantitative estimate of drug-likeness (QED) is 0.817. The number of hydrogen-bond acceptors (Lipinski definition) is 4. The van der Waals surface area contributed by atoms with Gasteiger partial charge in [0, 0.05) is 25.8 Å². The molecule has 1 saturated heterocycles. The Hall–Kier alpha value is -1.17. The van der Waals surface area contributed by atoms with Crippen LogP contribution in [0.2, 0.25) is 0 Å². The first-order valence-corrected chi connectivity index (χ1v) is 7.73. The molecule has 2 N–H and O–H groups in total. The number of nitrogens with two attached hydrogens (primary N) is 1. The molecule has 4 nitrogen and oxygen atoms in total. The molecule has 1 atom stereocenters. The van der Waals surface area contributed by atoms with Crippen LogP contribution in [-0.2, 0) is 4.74 Å². The van der Waals surface area contributed by atoms with Gasteiger partial charge in [-0.3, -0.25) is 4.90 Å². The fourth-order valence-electron chi connectivity index (χ4n) is 2.70. The average molecular weight is 308 g/mol. The molecule has 1 aromatic rings. The zero-order chi connectivity index (χ0) is 15.3. The molecular formula is C16H24N2O2S. The van der Waals surface area contributed by atoms with Crippen LogP contribution in [-0.4, -0.2) is 48.8 Å². The maximum atomic E-state index is 5.80. The fourth-order valence-corrected chi connectivity index (χ4v) is 2.82. The highest BCUT2D eigenvalue weighted by atomic mass is 32.1. The molecule has 116 valence electrons. The topological polar surface area (TPSA) is 47.7 Å². The van der Waals surface area contributed by atoms with Gasteiger partial charge in [0.2, 0.25) is 0 Å². The SMILES string of the molecule is COC1(C)CCCN(CCOc2cccc(C(N)=S)c2)C1. The lowest BCUT2D eigenvalue weighted by molar-refractivity contribution is -0.0524. The third kappa shape index (κ3) is 4.66. The summed E-state index contributed by atoms with van der Waals surface area (Å²) in [6.07, 6.45) is 2.29. The summed E-state index contributed by atoms with van der Waals surface area (Å²) >= 11 is 4.98. The lowest BCUT2D eigenvalue weighted by atomic mass is 9.95. The maximum absolute atomic E-state index is 5.80. The first-order chi connectivity index (χ1) is 10.0. The molecule has 0 amide bonds. The van der Waals surface area contributed by atoms with E-state index in [9.17, 15) is 0 Å². The van der Waals surface area contributed by atoms with Crippen molar-refractivity contribution in [2.24, 2.45) is 5.73 Å². The number of ether oxygens (including phenoxy) is 2. The Balaban J connectivity index is 1.81. The van der Waals surface area contributed by atoms with Gasteiger partial charge >= 0.3 is 0 Å². The summed E-state index contributed by atoms with van der Waals surface area (Å²) in [7, 11) is 1.79. The van der Waals surface area contributed by atoms with Gasteiger partial charge in [0.1, 0.15) is 17.3 Å². The number of thiocarbonyl (C=S) groups is 1. The van der Waals surface area contributed by atoms with Crippen LogP contribution >= 0.6 is 12.2 Å². The van der Waals surface area contributed by atoms with Crippen LogP contribution < -0.4 is 10.5 Å². The van der Waals surface area contributed by atoms with Crippen molar-refractivity contribution in [3.8, 4) is 5.75 Å². The number of hydrogen-bond donors (Lipinski definition) is 1. The van der Waals surface area contributed by atoms with Crippen LogP contribution in [0.1, 0.15) is 25.3 Å². The molecule has 1 unspecified atom stereocenters. The summed E-state index contributed by atoms with van der Waals surface area (Å²) in [4.78, 5) is 2.79. The zero-order valence-corrected chi connectivity index (χ0v) is 13.6. The van der Waals surface area contributed by atoms with E-state index in [1.54, 1.807) is 7.11 Å². The first kappa shape index (κ1) is 16.2. The van der Waals surface area contributed by atoms with E-state index in [-0.39, 0.29) is 5.60 Å². The third-order valence-corrected chi connectivity index (χ3v) is 4.26. The minimum atomic E-state index is -0.0239. The van der Waals surface area contributed by atoms with Gasteiger partial charge < -0.3 is 15.2 Å². The molecule has 0 spiro atoms. The van der Waals surface area contributed by atoms with Crippen molar-refractivity contribution in [3.63, 3.8) is 0 Å². The summed E-state index contributed by atoms with van der Waals surface area (Å²) in [5, 5.41) is 0. The van der Waals surface area contributed by atoms with E-state index in [2.05, 4.69) is 11.8 Å². The van der Waals surface area contributed by atoms with E-state index in [0.29, 0.717) is 11.6 Å². The van der Waals surface area contributed by atoms with E-state index >= 15 is 0 Å². The van der Waals surface area contributed by atoms with Crippen molar-refractivity contribution < 1.29 is 9.47 Å². The van der Waals surface area contributed by atoms with Gasteiger partial charge in [0.15, 0.2) is 0 Å². The van der Waals surface area contributed by atoms with Gasteiger partial charge in [-0.1, -0.05) is 24.4 Å². The smallest absolute Gasteiger partial charge is 0.120 e. The second-order valence-corrected chi connectivity index (χ2v) is 6.21. The van der Waals surface area contributed by atoms with E-state index in [1.807, 2.05) is 24.3 Å². The molecule has 0 aromatic heterocycles. The van der Waals surface area contributed by atoms with Gasteiger partial charge in [0.05, 0.1) is 5.60 Å². The number of likely N-dealkylation sites (tertiary alicyclic amines) is 1.